The number of rotatable bonds is 5. The molecule has 0 saturated heterocycles. The topological polar surface area (TPSA) is 115 Å². The SMILES string of the molecule is COc1cc(OC)c2c(c1)O[C@H](c1ccc(O)cc1)C[C@H]2c1c(O)cc(O)c2c1O[C@H](c1ccccc1)CC2=O. The zero-order valence-electron chi connectivity index (χ0n) is 22.0. The van der Waals surface area contributed by atoms with Crippen LogP contribution in [0.4, 0.5) is 0 Å². The van der Waals surface area contributed by atoms with Crippen molar-refractivity contribution >= 4 is 5.78 Å². The summed E-state index contributed by atoms with van der Waals surface area (Å²) in [5.41, 5.74) is 2.67. The van der Waals surface area contributed by atoms with Gasteiger partial charge in [0.05, 0.1) is 20.6 Å². The average Bonchev–Trinajstić information content (AvgIpc) is 2.96. The first-order valence-electron chi connectivity index (χ1n) is 12.9. The van der Waals surface area contributed by atoms with Crippen LogP contribution in [-0.4, -0.2) is 35.3 Å². The molecule has 0 aliphatic carbocycles. The van der Waals surface area contributed by atoms with Gasteiger partial charge in [-0.15, -0.1) is 0 Å². The van der Waals surface area contributed by atoms with Crippen molar-refractivity contribution < 1.29 is 39.1 Å². The van der Waals surface area contributed by atoms with Crippen molar-refractivity contribution in [1.29, 1.82) is 0 Å². The maximum Gasteiger partial charge on any atom is 0.174 e. The molecule has 0 amide bonds. The highest BCUT2D eigenvalue weighted by molar-refractivity contribution is 6.03. The molecule has 8 nitrogen and oxygen atoms in total. The number of Topliss-reactive ketones (excluding diaryl/α,β-unsaturated/α-hetero) is 1. The lowest BCUT2D eigenvalue weighted by atomic mass is 9.79. The van der Waals surface area contributed by atoms with Gasteiger partial charge in [-0.2, -0.15) is 0 Å². The average molecular weight is 541 g/mol. The summed E-state index contributed by atoms with van der Waals surface area (Å²) in [6.45, 7) is 0. The second kappa shape index (κ2) is 10.0. The maximum absolute atomic E-state index is 13.4. The van der Waals surface area contributed by atoms with Crippen LogP contribution in [0.15, 0.2) is 72.8 Å². The fourth-order valence-electron chi connectivity index (χ4n) is 5.68. The molecule has 2 aliphatic heterocycles. The molecule has 4 aromatic rings. The van der Waals surface area contributed by atoms with Crippen molar-refractivity contribution in [1.82, 2.24) is 0 Å². The number of ketones is 1. The Balaban J connectivity index is 1.56. The van der Waals surface area contributed by atoms with Crippen molar-refractivity contribution in [2.75, 3.05) is 14.2 Å². The van der Waals surface area contributed by atoms with Gasteiger partial charge in [-0.05, 0) is 23.3 Å². The second-order valence-corrected chi connectivity index (χ2v) is 9.90. The molecule has 2 aliphatic rings. The summed E-state index contributed by atoms with van der Waals surface area (Å²) in [7, 11) is 3.08. The highest BCUT2D eigenvalue weighted by atomic mass is 16.5. The van der Waals surface area contributed by atoms with Crippen LogP contribution in [0.5, 0.6) is 40.2 Å². The van der Waals surface area contributed by atoms with E-state index in [-0.39, 0.29) is 40.8 Å². The molecule has 0 bridgehead atoms. The Morgan fingerprint density at radius 2 is 1.50 bits per heavy atom. The normalized spacial score (nSPS) is 19.6. The Morgan fingerprint density at radius 1 is 0.775 bits per heavy atom. The highest BCUT2D eigenvalue weighted by Gasteiger charge is 2.41. The first-order valence-corrected chi connectivity index (χ1v) is 12.9. The van der Waals surface area contributed by atoms with Crippen LogP contribution in [0, 0.1) is 0 Å². The smallest absolute Gasteiger partial charge is 0.174 e. The molecule has 204 valence electrons. The molecule has 40 heavy (non-hydrogen) atoms. The molecule has 0 spiro atoms. The molecule has 8 heteroatoms. The van der Waals surface area contributed by atoms with Gasteiger partial charge < -0.3 is 34.3 Å². The Labute approximate surface area is 231 Å². The number of hydrogen-bond donors (Lipinski definition) is 3. The van der Waals surface area contributed by atoms with Gasteiger partial charge in [-0.1, -0.05) is 42.5 Å². The third-order valence-corrected chi connectivity index (χ3v) is 7.57. The summed E-state index contributed by atoms with van der Waals surface area (Å²) < 4.78 is 24.1. The van der Waals surface area contributed by atoms with Crippen molar-refractivity contribution in [3.05, 3.63) is 101 Å². The fourth-order valence-corrected chi connectivity index (χ4v) is 5.68. The Hall–Kier alpha value is -4.85. The Kier molecular flexibility index (Phi) is 6.38. The van der Waals surface area contributed by atoms with Gasteiger partial charge in [0.25, 0.3) is 0 Å². The van der Waals surface area contributed by atoms with E-state index in [0.29, 0.717) is 34.8 Å². The van der Waals surface area contributed by atoms with Gasteiger partial charge in [0, 0.05) is 41.7 Å². The highest BCUT2D eigenvalue weighted by Crippen LogP contribution is 2.57. The van der Waals surface area contributed by atoms with Crippen LogP contribution in [0.2, 0.25) is 0 Å². The predicted molar refractivity (Wildman–Crippen MR) is 146 cm³/mol. The zero-order chi connectivity index (χ0) is 28.0. The first kappa shape index (κ1) is 25.4. The molecule has 0 saturated carbocycles. The van der Waals surface area contributed by atoms with Crippen LogP contribution < -0.4 is 18.9 Å². The quantitative estimate of drug-likeness (QED) is 0.275. The number of phenols is 3. The molecule has 3 N–H and O–H groups in total. The van der Waals surface area contributed by atoms with E-state index in [9.17, 15) is 20.1 Å². The lowest BCUT2D eigenvalue weighted by Crippen LogP contribution is -2.25. The van der Waals surface area contributed by atoms with E-state index >= 15 is 0 Å². The van der Waals surface area contributed by atoms with Crippen LogP contribution >= 0.6 is 0 Å². The van der Waals surface area contributed by atoms with Crippen LogP contribution in [0.1, 0.15) is 63.6 Å². The summed E-state index contributed by atoms with van der Waals surface area (Å²) in [6.07, 6.45) is -0.677. The zero-order valence-corrected chi connectivity index (χ0v) is 22.0. The molecule has 3 atom stereocenters. The second-order valence-electron chi connectivity index (χ2n) is 9.90. The Morgan fingerprint density at radius 3 is 2.20 bits per heavy atom. The third kappa shape index (κ3) is 4.31. The van der Waals surface area contributed by atoms with Gasteiger partial charge >= 0.3 is 0 Å². The molecule has 0 fully saturated rings. The van der Waals surface area contributed by atoms with Crippen molar-refractivity contribution in [3.63, 3.8) is 0 Å². The van der Waals surface area contributed by atoms with E-state index in [2.05, 4.69) is 0 Å². The van der Waals surface area contributed by atoms with Gasteiger partial charge in [0.15, 0.2) is 5.78 Å². The monoisotopic (exact) mass is 540 g/mol. The molecule has 6 rings (SSSR count). The molecular weight excluding hydrogens is 512 g/mol. The number of phenolic OH excluding ortho intramolecular Hbond substituents is 3. The van der Waals surface area contributed by atoms with Crippen LogP contribution in [-0.2, 0) is 0 Å². The molecule has 4 aromatic carbocycles. The van der Waals surface area contributed by atoms with Gasteiger partial charge in [-0.25, -0.2) is 0 Å². The van der Waals surface area contributed by atoms with Gasteiger partial charge in [0.1, 0.15) is 58.0 Å². The molecule has 0 aromatic heterocycles. The predicted octanol–water partition coefficient (Wildman–Crippen LogP) is 6.18. The molecule has 2 heterocycles. The molecule has 0 radical (unpaired) electrons. The van der Waals surface area contributed by atoms with Gasteiger partial charge in [-0.3, -0.25) is 4.79 Å². The lowest BCUT2D eigenvalue weighted by molar-refractivity contribution is 0.0840. The van der Waals surface area contributed by atoms with Crippen molar-refractivity contribution in [2.45, 2.75) is 31.0 Å². The molecule has 0 unspecified atom stereocenters. The summed E-state index contributed by atoms with van der Waals surface area (Å²) in [6, 6.07) is 20.8. The molecular formula is C32H28O8. The summed E-state index contributed by atoms with van der Waals surface area (Å²) in [5, 5.41) is 31.9. The van der Waals surface area contributed by atoms with E-state index in [4.69, 9.17) is 18.9 Å². The minimum Gasteiger partial charge on any atom is -0.508 e. The van der Waals surface area contributed by atoms with E-state index in [1.165, 1.54) is 13.2 Å². The minimum atomic E-state index is -0.592. The Bertz CT molecular complexity index is 1580. The largest absolute Gasteiger partial charge is 0.508 e. The van der Waals surface area contributed by atoms with Gasteiger partial charge in [0.2, 0.25) is 0 Å². The van der Waals surface area contributed by atoms with E-state index in [1.807, 2.05) is 30.3 Å². The standard InChI is InChI=1S/C32H28O8/c1-37-20-12-27(38-2)30-21(14-25(39-28(30)13-20)18-8-10-19(33)11-9-18)29-22(34)15-23(35)31-24(36)16-26(40-32(29)31)17-6-4-3-5-7-17/h3-13,15,21,25-26,33-35H,14,16H2,1-2H3/t21-,25-,26-/m0/s1. The maximum atomic E-state index is 13.4. The number of hydrogen-bond acceptors (Lipinski definition) is 8. The summed E-state index contributed by atoms with van der Waals surface area (Å²) in [5.74, 6) is 0.368. The number of aromatic hydroxyl groups is 3. The van der Waals surface area contributed by atoms with Crippen LogP contribution in [0.3, 0.4) is 0 Å². The number of benzene rings is 4. The fraction of sp³-hybridized carbons (Fsp3) is 0.219. The van der Waals surface area contributed by atoms with Crippen LogP contribution in [0.25, 0.3) is 0 Å². The number of carbonyl (C=O) groups excluding carboxylic acids is 1. The number of ether oxygens (including phenoxy) is 4. The number of methoxy groups -OCH3 is 2. The van der Waals surface area contributed by atoms with E-state index in [0.717, 1.165) is 11.1 Å². The summed E-state index contributed by atoms with van der Waals surface area (Å²) in [4.78, 5) is 13.4. The van der Waals surface area contributed by atoms with E-state index in [1.54, 1.807) is 43.5 Å². The minimum absolute atomic E-state index is 0.0432. The van der Waals surface area contributed by atoms with Crippen molar-refractivity contribution in [2.24, 2.45) is 0 Å². The third-order valence-electron chi connectivity index (χ3n) is 7.57. The van der Waals surface area contributed by atoms with Crippen molar-refractivity contribution in [3.8, 4) is 40.2 Å². The first-order chi connectivity index (χ1) is 19.4. The number of fused-ring (bicyclic) bond motifs is 2. The number of carbonyl (C=O) groups is 1. The summed E-state index contributed by atoms with van der Waals surface area (Å²) >= 11 is 0. The van der Waals surface area contributed by atoms with E-state index < -0.39 is 18.1 Å². The lowest BCUT2D eigenvalue weighted by Gasteiger charge is -2.36.